The fourth-order valence-electron chi connectivity index (χ4n) is 3.01. The molecule has 7 heteroatoms. The number of hydrogen-bond acceptors (Lipinski definition) is 5. The van der Waals surface area contributed by atoms with Crippen LogP contribution >= 0.6 is 11.8 Å². The minimum Gasteiger partial charge on any atom is -0.496 e. The summed E-state index contributed by atoms with van der Waals surface area (Å²) in [6, 6.07) is 8.02. The van der Waals surface area contributed by atoms with Gasteiger partial charge in [-0.2, -0.15) is 0 Å². The number of nitrogens with zero attached hydrogens (tertiary/aromatic N) is 4. The first kappa shape index (κ1) is 20.3. The summed E-state index contributed by atoms with van der Waals surface area (Å²) in [6.45, 7) is 10.1. The van der Waals surface area contributed by atoms with E-state index in [1.807, 2.05) is 75.4 Å². The third-order valence-electron chi connectivity index (χ3n) is 4.18. The van der Waals surface area contributed by atoms with Crippen LogP contribution in [0.5, 0.6) is 5.75 Å². The molecular weight excluding hydrogens is 348 g/mol. The van der Waals surface area contributed by atoms with E-state index in [1.165, 1.54) is 11.8 Å². The smallest absolute Gasteiger partial charge is 0.236 e. The van der Waals surface area contributed by atoms with Crippen molar-refractivity contribution in [2.45, 2.75) is 57.1 Å². The second-order valence-electron chi connectivity index (χ2n) is 6.76. The summed E-state index contributed by atoms with van der Waals surface area (Å²) in [6.07, 6.45) is 0. The Morgan fingerprint density at radius 1 is 1.12 bits per heavy atom. The van der Waals surface area contributed by atoms with Crippen molar-refractivity contribution in [3.8, 4) is 17.1 Å². The van der Waals surface area contributed by atoms with Crippen molar-refractivity contribution < 1.29 is 9.53 Å². The van der Waals surface area contributed by atoms with Crippen molar-refractivity contribution in [3.63, 3.8) is 0 Å². The minimum atomic E-state index is -0.242. The van der Waals surface area contributed by atoms with Crippen LogP contribution in [0.4, 0.5) is 0 Å². The van der Waals surface area contributed by atoms with Crippen LogP contribution < -0.4 is 4.74 Å². The van der Waals surface area contributed by atoms with Gasteiger partial charge >= 0.3 is 0 Å². The van der Waals surface area contributed by atoms with E-state index >= 15 is 0 Å². The van der Waals surface area contributed by atoms with Crippen LogP contribution in [0.2, 0.25) is 0 Å². The molecule has 0 spiro atoms. The molecule has 0 aliphatic heterocycles. The molecule has 1 atom stereocenters. The van der Waals surface area contributed by atoms with Crippen molar-refractivity contribution in [1.29, 1.82) is 0 Å². The summed E-state index contributed by atoms with van der Waals surface area (Å²) in [5.41, 5.74) is 0.877. The SMILES string of the molecule is COc1ccccc1-c1nnc(S[C@H](C)C(=O)N(C(C)C)C(C)C)n1C. The number of carbonyl (C=O) groups is 1. The molecule has 0 saturated heterocycles. The number of para-hydroxylation sites is 1. The maximum atomic E-state index is 12.8. The number of carbonyl (C=O) groups excluding carboxylic acids is 1. The van der Waals surface area contributed by atoms with E-state index in [0.717, 1.165) is 11.3 Å². The largest absolute Gasteiger partial charge is 0.496 e. The van der Waals surface area contributed by atoms with Gasteiger partial charge in [-0.25, -0.2) is 0 Å². The molecule has 1 amide bonds. The molecule has 0 saturated carbocycles. The third kappa shape index (κ3) is 4.20. The maximum absolute atomic E-state index is 12.8. The molecule has 26 heavy (non-hydrogen) atoms. The lowest BCUT2D eigenvalue weighted by molar-refractivity contribution is -0.133. The number of benzene rings is 1. The van der Waals surface area contributed by atoms with Crippen LogP contribution in [0.3, 0.4) is 0 Å². The molecule has 0 unspecified atom stereocenters. The van der Waals surface area contributed by atoms with Gasteiger partial charge in [0.2, 0.25) is 5.91 Å². The summed E-state index contributed by atoms with van der Waals surface area (Å²) < 4.78 is 7.32. The first-order valence-corrected chi connectivity index (χ1v) is 9.67. The monoisotopic (exact) mass is 376 g/mol. The summed E-state index contributed by atoms with van der Waals surface area (Å²) in [4.78, 5) is 14.8. The third-order valence-corrected chi connectivity index (χ3v) is 5.30. The van der Waals surface area contributed by atoms with E-state index in [4.69, 9.17) is 4.74 Å². The van der Waals surface area contributed by atoms with E-state index in [9.17, 15) is 4.79 Å². The van der Waals surface area contributed by atoms with Crippen molar-refractivity contribution in [3.05, 3.63) is 24.3 Å². The van der Waals surface area contributed by atoms with Crippen LogP contribution in [0.25, 0.3) is 11.4 Å². The molecule has 1 aromatic heterocycles. The Kier molecular flexibility index (Phi) is 6.69. The van der Waals surface area contributed by atoms with E-state index in [1.54, 1.807) is 7.11 Å². The number of hydrogen-bond donors (Lipinski definition) is 0. The van der Waals surface area contributed by atoms with Crippen molar-refractivity contribution >= 4 is 17.7 Å². The number of aromatic nitrogens is 3. The first-order chi connectivity index (χ1) is 12.3. The lowest BCUT2D eigenvalue weighted by Gasteiger charge is -2.32. The zero-order valence-corrected chi connectivity index (χ0v) is 17.4. The van der Waals surface area contributed by atoms with Crippen LogP contribution in [-0.2, 0) is 11.8 Å². The molecule has 0 radical (unpaired) electrons. The summed E-state index contributed by atoms with van der Waals surface area (Å²) >= 11 is 1.43. The Bertz CT molecular complexity index is 750. The zero-order chi connectivity index (χ0) is 19.4. The Labute approximate surface area is 159 Å². The molecule has 0 bridgehead atoms. The van der Waals surface area contributed by atoms with Gasteiger partial charge in [0, 0.05) is 19.1 Å². The van der Waals surface area contributed by atoms with Crippen molar-refractivity contribution in [2.24, 2.45) is 7.05 Å². The van der Waals surface area contributed by atoms with Gasteiger partial charge in [-0.05, 0) is 46.8 Å². The fourth-order valence-corrected chi connectivity index (χ4v) is 3.88. The van der Waals surface area contributed by atoms with Gasteiger partial charge < -0.3 is 14.2 Å². The molecular formula is C19H28N4O2S. The lowest BCUT2D eigenvalue weighted by atomic mass is 10.2. The summed E-state index contributed by atoms with van der Waals surface area (Å²) in [7, 11) is 3.54. The number of rotatable bonds is 7. The average Bonchev–Trinajstić information content (AvgIpc) is 2.94. The predicted molar refractivity (Wildman–Crippen MR) is 105 cm³/mol. The van der Waals surface area contributed by atoms with Crippen LogP contribution in [0, 0.1) is 0 Å². The van der Waals surface area contributed by atoms with Gasteiger partial charge in [0.15, 0.2) is 11.0 Å². The summed E-state index contributed by atoms with van der Waals surface area (Å²) in [5.74, 6) is 1.57. The van der Waals surface area contributed by atoms with E-state index in [2.05, 4.69) is 10.2 Å². The molecule has 0 N–H and O–H groups in total. The fraction of sp³-hybridized carbons (Fsp3) is 0.526. The lowest BCUT2D eigenvalue weighted by Crippen LogP contribution is -2.45. The normalized spacial score (nSPS) is 12.5. The highest BCUT2D eigenvalue weighted by Crippen LogP contribution is 2.31. The number of amides is 1. The molecule has 1 aromatic carbocycles. The van der Waals surface area contributed by atoms with Crippen molar-refractivity contribution in [1.82, 2.24) is 19.7 Å². The Morgan fingerprint density at radius 3 is 2.31 bits per heavy atom. The molecule has 0 aliphatic rings. The van der Waals surface area contributed by atoms with E-state index < -0.39 is 0 Å². The van der Waals surface area contributed by atoms with Crippen LogP contribution in [-0.4, -0.2) is 50.0 Å². The molecule has 0 fully saturated rings. The van der Waals surface area contributed by atoms with Gasteiger partial charge in [-0.3, -0.25) is 4.79 Å². The molecule has 1 heterocycles. The Balaban J connectivity index is 2.24. The molecule has 2 rings (SSSR count). The number of methoxy groups -OCH3 is 1. The highest BCUT2D eigenvalue weighted by atomic mass is 32.2. The molecule has 6 nitrogen and oxygen atoms in total. The highest BCUT2D eigenvalue weighted by Gasteiger charge is 2.27. The number of ether oxygens (including phenoxy) is 1. The zero-order valence-electron chi connectivity index (χ0n) is 16.6. The van der Waals surface area contributed by atoms with Crippen LogP contribution in [0.1, 0.15) is 34.6 Å². The van der Waals surface area contributed by atoms with Gasteiger partial charge in [-0.1, -0.05) is 23.9 Å². The second kappa shape index (κ2) is 8.58. The van der Waals surface area contributed by atoms with Gasteiger partial charge in [-0.15, -0.1) is 10.2 Å². The number of thioether (sulfide) groups is 1. The molecule has 142 valence electrons. The molecule has 2 aromatic rings. The second-order valence-corrected chi connectivity index (χ2v) is 8.07. The van der Waals surface area contributed by atoms with E-state index in [-0.39, 0.29) is 23.2 Å². The summed E-state index contributed by atoms with van der Waals surface area (Å²) in [5, 5.41) is 9.06. The Hall–Kier alpha value is -2.02. The first-order valence-electron chi connectivity index (χ1n) is 8.79. The maximum Gasteiger partial charge on any atom is 0.236 e. The van der Waals surface area contributed by atoms with Gasteiger partial charge in [0.25, 0.3) is 0 Å². The molecule has 0 aliphatic carbocycles. The van der Waals surface area contributed by atoms with Crippen molar-refractivity contribution in [2.75, 3.05) is 7.11 Å². The van der Waals surface area contributed by atoms with Gasteiger partial charge in [0.05, 0.1) is 17.9 Å². The average molecular weight is 377 g/mol. The van der Waals surface area contributed by atoms with Crippen LogP contribution in [0.15, 0.2) is 29.4 Å². The highest BCUT2D eigenvalue weighted by molar-refractivity contribution is 8.00. The minimum absolute atomic E-state index is 0.113. The topological polar surface area (TPSA) is 60.3 Å². The quantitative estimate of drug-likeness (QED) is 0.691. The predicted octanol–water partition coefficient (Wildman–Crippen LogP) is 3.62. The van der Waals surface area contributed by atoms with Gasteiger partial charge in [0.1, 0.15) is 5.75 Å². The Morgan fingerprint density at radius 2 is 1.73 bits per heavy atom. The standard InChI is InChI=1S/C19H28N4O2S/c1-12(2)23(13(3)4)18(24)14(5)26-19-21-20-17(22(19)6)15-10-8-9-11-16(15)25-7/h8-14H,1-7H3/t14-/m1/s1. The van der Waals surface area contributed by atoms with E-state index in [0.29, 0.717) is 11.0 Å².